The van der Waals surface area contributed by atoms with Gasteiger partial charge in [0.2, 0.25) is 5.91 Å². The summed E-state index contributed by atoms with van der Waals surface area (Å²) in [7, 11) is 0. The zero-order valence-corrected chi connectivity index (χ0v) is 13.5. The Balaban J connectivity index is 1.65. The molecular weight excluding hydrogens is 325 g/mol. The Bertz CT molecular complexity index is 606. The van der Waals surface area contributed by atoms with Crippen molar-refractivity contribution in [3.8, 4) is 0 Å². The lowest BCUT2D eigenvalue weighted by molar-refractivity contribution is -0.182. The fourth-order valence-electron chi connectivity index (χ4n) is 3.39. The smallest absolute Gasteiger partial charge is 0.348 e. The molecule has 0 radical (unpaired) electrons. The van der Waals surface area contributed by atoms with Crippen LogP contribution in [-0.4, -0.2) is 38.9 Å². The molecule has 24 heavy (non-hydrogen) atoms. The molecular formula is C14H21F3N6O. The molecule has 3 atom stereocenters. The Kier molecular flexibility index (Phi) is 4.52. The second-order valence-corrected chi connectivity index (χ2v) is 6.53. The van der Waals surface area contributed by atoms with Crippen LogP contribution in [0.15, 0.2) is 0 Å². The van der Waals surface area contributed by atoms with E-state index in [-0.39, 0.29) is 49.8 Å². The fourth-order valence-corrected chi connectivity index (χ4v) is 3.39. The van der Waals surface area contributed by atoms with Gasteiger partial charge in [0.25, 0.3) is 0 Å². The topological polar surface area (TPSA) is 83.9 Å². The molecule has 3 unspecified atom stereocenters. The van der Waals surface area contributed by atoms with Crippen LogP contribution in [0.4, 0.5) is 13.2 Å². The Hall–Kier alpha value is -1.68. The fraction of sp³-hybridized carbons (Fsp3) is 0.786. The number of nitrogens with one attached hydrogen (secondary N) is 3. The van der Waals surface area contributed by atoms with E-state index in [9.17, 15) is 18.0 Å². The number of carbonyl (C=O) groups is 1. The Morgan fingerprint density at radius 2 is 1.96 bits per heavy atom. The lowest BCUT2D eigenvalue weighted by Crippen LogP contribution is -2.40. The zero-order chi connectivity index (χ0) is 17.5. The molecule has 7 nitrogen and oxygen atoms in total. The highest BCUT2D eigenvalue weighted by molar-refractivity contribution is 5.80. The number of nitrogens with zero attached hydrogens (tertiary/aromatic N) is 3. The molecule has 0 spiro atoms. The Morgan fingerprint density at radius 3 is 2.58 bits per heavy atom. The molecule has 0 bridgehead atoms. The van der Waals surface area contributed by atoms with Crippen LogP contribution in [0.1, 0.15) is 31.9 Å². The van der Waals surface area contributed by atoms with Crippen LogP contribution in [0.2, 0.25) is 0 Å². The van der Waals surface area contributed by atoms with Gasteiger partial charge in [0, 0.05) is 25.0 Å². The van der Waals surface area contributed by atoms with Gasteiger partial charge in [0.15, 0.2) is 5.82 Å². The van der Waals surface area contributed by atoms with Crippen molar-refractivity contribution in [3.05, 3.63) is 11.6 Å². The number of rotatable bonds is 3. The lowest BCUT2D eigenvalue weighted by Gasteiger charge is -2.26. The molecule has 1 fully saturated rings. The first-order valence-electron chi connectivity index (χ1n) is 8.03. The summed E-state index contributed by atoms with van der Waals surface area (Å²) < 4.78 is 40.3. The molecule has 1 saturated heterocycles. The van der Waals surface area contributed by atoms with E-state index < -0.39 is 12.1 Å². The second kappa shape index (κ2) is 6.32. The van der Waals surface area contributed by atoms with Crippen molar-refractivity contribution >= 4 is 5.91 Å². The second-order valence-electron chi connectivity index (χ2n) is 6.53. The molecule has 134 valence electrons. The van der Waals surface area contributed by atoms with Crippen LogP contribution in [0, 0.1) is 11.8 Å². The molecule has 0 aliphatic carbocycles. The van der Waals surface area contributed by atoms with Gasteiger partial charge in [-0.2, -0.15) is 13.2 Å². The number of halogens is 3. The van der Waals surface area contributed by atoms with Crippen LogP contribution in [0.5, 0.6) is 0 Å². The van der Waals surface area contributed by atoms with E-state index in [0.717, 1.165) is 0 Å². The summed E-state index contributed by atoms with van der Waals surface area (Å²) in [5, 5.41) is 10.7. The molecule has 3 rings (SSSR count). The van der Waals surface area contributed by atoms with Crippen molar-refractivity contribution in [1.29, 1.82) is 0 Å². The van der Waals surface area contributed by atoms with Crippen LogP contribution in [0.3, 0.4) is 0 Å². The first-order valence-corrected chi connectivity index (χ1v) is 8.03. The minimum Gasteiger partial charge on any atom is -0.348 e. The number of fused-ring (bicyclic) bond motifs is 1. The summed E-state index contributed by atoms with van der Waals surface area (Å²) >= 11 is 0. The summed E-state index contributed by atoms with van der Waals surface area (Å²) in [4.78, 5) is 12.3. The third kappa shape index (κ3) is 3.25. The van der Waals surface area contributed by atoms with E-state index in [1.54, 1.807) is 0 Å². The maximum atomic E-state index is 12.9. The summed E-state index contributed by atoms with van der Waals surface area (Å²) in [5.74, 6) is -0.888. The van der Waals surface area contributed by atoms with Gasteiger partial charge >= 0.3 is 6.18 Å². The van der Waals surface area contributed by atoms with Crippen molar-refractivity contribution < 1.29 is 18.0 Å². The standard InChI is InChI=1S/C14H21F3N6O/c1-7-12(8(2)20-19-7)13(24)18-5-11-22-21-10-4-3-9(6-23(10)11)14(15,16)17/h7-9,12,19-20H,3-6H2,1-2H3,(H,18,24). The molecule has 2 aliphatic rings. The van der Waals surface area contributed by atoms with Crippen LogP contribution >= 0.6 is 0 Å². The largest absolute Gasteiger partial charge is 0.393 e. The normalized spacial score (nSPS) is 30.2. The molecule has 2 aliphatic heterocycles. The van der Waals surface area contributed by atoms with Gasteiger partial charge < -0.3 is 9.88 Å². The number of aryl methyl sites for hydroxylation is 1. The Morgan fingerprint density at radius 1 is 1.29 bits per heavy atom. The predicted molar refractivity (Wildman–Crippen MR) is 78.4 cm³/mol. The quantitative estimate of drug-likeness (QED) is 0.743. The van der Waals surface area contributed by atoms with Crippen molar-refractivity contribution in [1.82, 2.24) is 30.9 Å². The summed E-state index contributed by atoms with van der Waals surface area (Å²) in [6, 6.07) is -0.0520. The molecule has 10 heteroatoms. The van der Waals surface area contributed by atoms with Gasteiger partial charge in [0.1, 0.15) is 5.82 Å². The van der Waals surface area contributed by atoms with Crippen LogP contribution in [-0.2, 0) is 24.3 Å². The van der Waals surface area contributed by atoms with Crippen molar-refractivity contribution in [3.63, 3.8) is 0 Å². The van der Waals surface area contributed by atoms with Gasteiger partial charge in [-0.1, -0.05) is 0 Å². The summed E-state index contributed by atoms with van der Waals surface area (Å²) in [5.41, 5.74) is 5.99. The summed E-state index contributed by atoms with van der Waals surface area (Å²) in [6.07, 6.45) is -3.95. The average molecular weight is 346 g/mol. The maximum Gasteiger partial charge on any atom is 0.393 e. The van der Waals surface area contributed by atoms with E-state index in [1.165, 1.54) is 4.57 Å². The van der Waals surface area contributed by atoms with Crippen LogP contribution in [0.25, 0.3) is 0 Å². The molecule has 0 aromatic carbocycles. The minimum atomic E-state index is -4.23. The maximum absolute atomic E-state index is 12.9. The van der Waals surface area contributed by atoms with Crippen molar-refractivity contribution in [2.45, 2.75) is 58.0 Å². The first kappa shape index (κ1) is 17.2. The molecule has 1 aromatic heterocycles. The first-order chi connectivity index (χ1) is 11.3. The molecule has 1 aromatic rings. The minimum absolute atomic E-state index is 0.0260. The van der Waals surface area contributed by atoms with E-state index in [0.29, 0.717) is 11.6 Å². The number of hydrogen-bond donors (Lipinski definition) is 3. The van der Waals surface area contributed by atoms with E-state index in [1.807, 2.05) is 13.8 Å². The molecule has 0 saturated carbocycles. The number of alkyl halides is 3. The molecule has 3 heterocycles. The number of aromatic nitrogens is 3. The third-order valence-electron chi connectivity index (χ3n) is 4.83. The summed E-state index contributed by atoms with van der Waals surface area (Å²) in [6.45, 7) is 3.68. The Labute approximate surface area is 137 Å². The van der Waals surface area contributed by atoms with E-state index >= 15 is 0 Å². The van der Waals surface area contributed by atoms with Gasteiger partial charge in [-0.3, -0.25) is 15.6 Å². The van der Waals surface area contributed by atoms with Gasteiger partial charge in [-0.15, -0.1) is 10.2 Å². The SMILES string of the molecule is CC1NNC(C)C1C(=O)NCc1nnc2n1CC(C(F)(F)F)CC2. The highest BCUT2D eigenvalue weighted by Crippen LogP contribution is 2.34. The van der Waals surface area contributed by atoms with Gasteiger partial charge in [-0.05, 0) is 20.3 Å². The molecule has 3 N–H and O–H groups in total. The monoisotopic (exact) mass is 346 g/mol. The highest BCUT2D eigenvalue weighted by atomic mass is 19.4. The predicted octanol–water partition coefficient (Wildman–Crippen LogP) is 0.520. The van der Waals surface area contributed by atoms with Crippen molar-refractivity contribution in [2.24, 2.45) is 11.8 Å². The van der Waals surface area contributed by atoms with Gasteiger partial charge in [0.05, 0.1) is 18.4 Å². The van der Waals surface area contributed by atoms with Crippen LogP contribution < -0.4 is 16.2 Å². The third-order valence-corrected chi connectivity index (χ3v) is 4.83. The molecule has 1 amide bonds. The highest BCUT2D eigenvalue weighted by Gasteiger charge is 2.42. The van der Waals surface area contributed by atoms with E-state index in [4.69, 9.17) is 0 Å². The number of carbonyl (C=O) groups excluding carboxylic acids is 1. The van der Waals surface area contributed by atoms with E-state index in [2.05, 4.69) is 26.4 Å². The number of hydrogen-bond acceptors (Lipinski definition) is 5. The number of hydrazine groups is 1. The lowest BCUT2D eigenvalue weighted by atomic mass is 9.96. The van der Waals surface area contributed by atoms with Gasteiger partial charge in [-0.25, -0.2) is 0 Å². The number of amides is 1. The average Bonchev–Trinajstić information content (AvgIpc) is 3.07. The zero-order valence-electron chi connectivity index (χ0n) is 13.5. The van der Waals surface area contributed by atoms with Crippen molar-refractivity contribution in [2.75, 3.05) is 0 Å².